The number of benzene rings is 1. The highest BCUT2D eigenvalue weighted by Crippen LogP contribution is 2.33. The number of fused-ring (bicyclic) bond motifs is 1. The first-order chi connectivity index (χ1) is 7.38. The number of halogens is 4. The second kappa shape index (κ2) is 3.55. The van der Waals surface area contributed by atoms with E-state index in [0.29, 0.717) is 0 Å². The van der Waals surface area contributed by atoms with Gasteiger partial charge in [0.2, 0.25) is 5.95 Å². The minimum Gasteiger partial charge on any atom is -0.366 e. The Balaban J connectivity index is 2.74. The molecular formula is C8H4BrF3N4. The Hall–Kier alpha value is -1.44. The van der Waals surface area contributed by atoms with E-state index >= 15 is 0 Å². The first-order valence-corrected chi connectivity index (χ1v) is 4.84. The highest BCUT2D eigenvalue weighted by molar-refractivity contribution is 9.10. The number of hydrogen-bond acceptors (Lipinski definition) is 4. The van der Waals surface area contributed by atoms with Crippen molar-refractivity contribution in [2.24, 2.45) is 0 Å². The average Bonchev–Trinajstić information content (AvgIpc) is 2.17. The van der Waals surface area contributed by atoms with Gasteiger partial charge < -0.3 is 5.73 Å². The third kappa shape index (κ3) is 1.92. The van der Waals surface area contributed by atoms with Crippen LogP contribution in [0.5, 0.6) is 0 Å². The fourth-order valence-electron chi connectivity index (χ4n) is 1.18. The van der Waals surface area contributed by atoms with Crippen molar-refractivity contribution in [2.45, 2.75) is 6.18 Å². The molecular weight excluding hydrogens is 289 g/mol. The minimum absolute atomic E-state index is 0.0379. The highest BCUT2D eigenvalue weighted by Gasteiger charge is 2.31. The maximum absolute atomic E-state index is 12.5. The van der Waals surface area contributed by atoms with E-state index in [4.69, 9.17) is 5.73 Å². The van der Waals surface area contributed by atoms with Crippen molar-refractivity contribution in [1.29, 1.82) is 0 Å². The van der Waals surface area contributed by atoms with Crippen molar-refractivity contribution in [1.82, 2.24) is 15.2 Å². The fourth-order valence-corrected chi connectivity index (χ4v) is 1.72. The van der Waals surface area contributed by atoms with Gasteiger partial charge in [-0.25, -0.2) is 4.98 Å². The summed E-state index contributed by atoms with van der Waals surface area (Å²) in [5, 5.41) is 6.95. The number of nitrogen functional groups attached to an aromatic ring is 1. The Kier molecular flexibility index (Phi) is 2.45. The second-order valence-electron chi connectivity index (χ2n) is 2.99. The second-order valence-corrected chi connectivity index (χ2v) is 3.85. The van der Waals surface area contributed by atoms with Gasteiger partial charge in [0.15, 0.2) is 0 Å². The Morgan fingerprint density at radius 2 is 1.88 bits per heavy atom. The SMILES string of the molecule is Nc1nnc2cc(C(F)(F)F)cc(Br)c2n1. The molecule has 2 rings (SSSR count). The van der Waals surface area contributed by atoms with E-state index in [2.05, 4.69) is 31.1 Å². The summed E-state index contributed by atoms with van der Waals surface area (Å²) in [6, 6.07) is 1.80. The maximum Gasteiger partial charge on any atom is 0.416 e. The van der Waals surface area contributed by atoms with E-state index in [-0.39, 0.29) is 21.5 Å². The zero-order valence-electron chi connectivity index (χ0n) is 7.59. The number of anilines is 1. The van der Waals surface area contributed by atoms with Crippen LogP contribution in [0.25, 0.3) is 11.0 Å². The zero-order valence-corrected chi connectivity index (χ0v) is 9.17. The molecule has 0 aliphatic heterocycles. The summed E-state index contributed by atoms with van der Waals surface area (Å²) in [6.45, 7) is 0. The third-order valence-corrected chi connectivity index (χ3v) is 2.46. The molecule has 0 radical (unpaired) electrons. The monoisotopic (exact) mass is 292 g/mol. The molecule has 1 heterocycles. The molecule has 0 aliphatic rings. The van der Waals surface area contributed by atoms with Gasteiger partial charge in [0.25, 0.3) is 0 Å². The number of alkyl halides is 3. The van der Waals surface area contributed by atoms with Crippen LogP contribution in [-0.2, 0) is 6.18 Å². The quantitative estimate of drug-likeness (QED) is 0.810. The molecule has 2 N–H and O–H groups in total. The summed E-state index contributed by atoms with van der Waals surface area (Å²) in [4.78, 5) is 3.79. The lowest BCUT2D eigenvalue weighted by Gasteiger charge is -2.08. The fraction of sp³-hybridized carbons (Fsp3) is 0.125. The van der Waals surface area contributed by atoms with Crippen LogP contribution in [0.2, 0.25) is 0 Å². The summed E-state index contributed by atoms with van der Waals surface area (Å²) >= 11 is 2.99. The summed E-state index contributed by atoms with van der Waals surface area (Å²) in [6.07, 6.45) is -4.43. The van der Waals surface area contributed by atoms with Crippen LogP contribution in [0.1, 0.15) is 5.56 Å². The van der Waals surface area contributed by atoms with Crippen molar-refractivity contribution in [3.05, 3.63) is 22.2 Å². The predicted molar refractivity (Wildman–Crippen MR) is 54.4 cm³/mol. The zero-order chi connectivity index (χ0) is 11.9. The van der Waals surface area contributed by atoms with Crippen LogP contribution in [0.15, 0.2) is 16.6 Å². The molecule has 8 heteroatoms. The molecule has 0 saturated carbocycles. The van der Waals surface area contributed by atoms with E-state index in [1.165, 1.54) is 0 Å². The first kappa shape index (κ1) is 11.1. The van der Waals surface area contributed by atoms with Gasteiger partial charge in [0.1, 0.15) is 11.0 Å². The lowest BCUT2D eigenvalue weighted by atomic mass is 10.2. The molecule has 0 spiro atoms. The Morgan fingerprint density at radius 3 is 2.50 bits per heavy atom. The molecule has 16 heavy (non-hydrogen) atoms. The van der Waals surface area contributed by atoms with Gasteiger partial charge in [0.05, 0.1) is 5.56 Å². The Bertz CT molecular complexity index is 555. The van der Waals surface area contributed by atoms with Gasteiger partial charge in [-0.2, -0.15) is 13.2 Å². The molecule has 1 aromatic heterocycles. The van der Waals surface area contributed by atoms with Crippen molar-refractivity contribution >= 4 is 32.9 Å². The number of rotatable bonds is 0. The molecule has 1 aromatic carbocycles. The van der Waals surface area contributed by atoms with E-state index < -0.39 is 11.7 Å². The standard InChI is InChI=1S/C8H4BrF3N4/c9-4-1-3(8(10,11)12)2-5-6(4)14-7(13)16-15-5/h1-2H,(H2,13,14,16). The number of hydrogen-bond donors (Lipinski definition) is 1. The van der Waals surface area contributed by atoms with Gasteiger partial charge in [0, 0.05) is 4.47 Å². The lowest BCUT2D eigenvalue weighted by molar-refractivity contribution is -0.137. The molecule has 0 atom stereocenters. The Labute approximate surface area is 95.8 Å². The summed E-state index contributed by atoms with van der Waals surface area (Å²) in [7, 11) is 0. The number of nitrogens with zero attached hydrogens (tertiary/aromatic N) is 3. The largest absolute Gasteiger partial charge is 0.416 e. The Morgan fingerprint density at radius 1 is 1.19 bits per heavy atom. The van der Waals surface area contributed by atoms with E-state index in [9.17, 15) is 13.2 Å². The molecule has 0 fully saturated rings. The number of nitrogens with two attached hydrogens (primary N) is 1. The molecule has 0 aliphatic carbocycles. The first-order valence-electron chi connectivity index (χ1n) is 4.04. The van der Waals surface area contributed by atoms with Crippen LogP contribution in [0, 0.1) is 0 Å². The van der Waals surface area contributed by atoms with Gasteiger partial charge in [-0.1, -0.05) is 0 Å². The van der Waals surface area contributed by atoms with Crippen LogP contribution in [0.4, 0.5) is 19.1 Å². The van der Waals surface area contributed by atoms with Crippen molar-refractivity contribution in [3.8, 4) is 0 Å². The smallest absolute Gasteiger partial charge is 0.366 e. The summed E-state index contributed by atoms with van der Waals surface area (Å²) in [5.41, 5.74) is 4.76. The van der Waals surface area contributed by atoms with Crippen molar-refractivity contribution in [3.63, 3.8) is 0 Å². The average molecular weight is 293 g/mol. The normalized spacial score (nSPS) is 12.0. The van der Waals surface area contributed by atoms with Crippen LogP contribution in [0.3, 0.4) is 0 Å². The highest BCUT2D eigenvalue weighted by atomic mass is 79.9. The lowest BCUT2D eigenvalue weighted by Crippen LogP contribution is -2.06. The minimum atomic E-state index is -4.43. The molecule has 0 bridgehead atoms. The van der Waals surface area contributed by atoms with Gasteiger partial charge in [-0.15, -0.1) is 10.2 Å². The van der Waals surface area contributed by atoms with Crippen LogP contribution in [-0.4, -0.2) is 15.2 Å². The topological polar surface area (TPSA) is 64.7 Å². The molecule has 0 saturated heterocycles. The van der Waals surface area contributed by atoms with E-state index in [1.54, 1.807) is 0 Å². The molecule has 0 unspecified atom stereocenters. The molecule has 0 amide bonds. The summed E-state index contributed by atoms with van der Waals surface area (Å²) in [5.74, 6) is -0.0899. The van der Waals surface area contributed by atoms with Crippen LogP contribution < -0.4 is 5.73 Å². The van der Waals surface area contributed by atoms with E-state index in [1.807, 2.05) is 0 Å². The van der Waals surface area contributed by atoms with Gasteiger partial charge in [-0.05, 0) is 28.1 Å². The van der Waals surface area contributed by atoms with E-state index in [0.717, 1.165) is 12.1 Å². The third-order valence-electron chi connectivity index (χ3n) is 1.86. The number of aromatic nitrogens is 3. The van der Waals surface area contributed by atoms with Crippen molar-refractivity contribution < 1.29 is 13.2 Å². The summed E-state index contributed by atoms with van der Waals surface area (Å²) < 4.78 is 37.6. The van der Waals surface area contributed by atoms with Crippen molar-refractivity contribution in [2.75, 3.05) is 5.73 Å². The van der Waals surface area contributed by atoms with Gasteiger partial charge >= 0.3 is 6.18 Å². The van der Waals surface area contributed by atoms with Crippen LogP contribution >= 0.6 is 15.9 Å². The molecule has 2 aromatic rings. The van der Waals surface area contributed by atoms with Gasteiger partial charge in [-0.3, -0.25) is 0 Å². The molecule has 84 valence electrons. The predicted octanol–water partition coefficient (Wildman–Crippen LogP) is 2.39. The maximum atomic E-state index is 12.5. The molecule has 4 nitrogen and oxygen atoms in total.